The fourth-order valence-electron chi connectivity index (χ4n) is 2.73. The van der Waals surface area contributed by atoms with Crippen molar-refractivity contribution >= 4 is 11.8 Å². The summed E-state index contributed by atoms with van der Waals surface area (Å²) in [7, 11) is 2.14. The van der Waals surface area contributed by atoms with E-state index in [-0.39, 0.29) is 6.10 Å². The number of aliphatic hydroxyl groups excluding tert-OH is 1. The summed E-state index contributed by atoms with van der Waals surface area (Å²) in [6, 6.07) is 0.584. The summed E-state index contributed by atoms with van der Waals surface area (Å²) in [4.78, 5) is 2.32. The van der Waals surface area contributed by atoms with E-state index in [9.17, 15) is 5.11 Å². The van der Waals surface area contributed by atoms with Gasteiger partial charge in [0.05, 0.1) is 6.10 Å². The lowest BCUT2D eigenvalue weighted by molar-refractivity contribution is 0.0869. The molecule has 0 amide bonds. The zero-order valence-electron chi connectivity index (χ0n) is 11.7. The van der Waals surface area contributed by atoms with Crippen LogP contribution in [0.1, 0.15) is 45.4 Å². The van der Waals surface area contributed by atoms with Gasteiger partial charge in [-0.05, 0) is 44.7 Å². The first kappa shape index (κ1) is 15.3. The molecule has 0 aliphatic heterocycles. The van der Waals surface area contributed by atoms with E-state index in [0.717, 1.165) is 18.9 Å². The molecular weight excluding hydrogens is 230 g/mol. The van der Waals surface area contributed by atoms with Gasteiger partial charge in [-0.3, -0.25) is 0 Å². The summed E-state index contributed by atoms with van der Waals surface area (Å²) in [6.07, 6.45) is 9.68. The van der Waals surface area contributed by atoms with Crippen molar-refractivity contribution in [1.82, 2.24) is 4.90 Å². The van der Waals surface area contributed by atoms with E-state index in [1.165, 1.54) is 37.9 Å². The first-order valence-corrected chi connectivity index (χ1v) is 8.40. The van der Waals surface area contributed by atoms with Gasteiger partial charge in [0, 0.05) is 12.6 Å². The molecule has 1 fully saturated rings. The molecule has 102 valence electrons. The Morgan fingerprint density at radius 1 is 1.35 bits per heavy atom. The van der Waals surface area contributed by atoms with Crippen molar-refractivity contribution in [1.29, 1.82) is 0 Å². The third-order valence-electron chi connectivity index (χ3n) is 4.07. The van der Waals surface area contributed by atoms with Crippen molar-refractivity contribution in [3.8, 4) is 0 Å². The molecule has 2 atom stereocenters. The average molecular weight is 259 g/mol. The molecule has 0 bridgehead atoms. The van der Waals surface area contributed by atoms with Gasteiger partial charge in [-0.15, -0.1) is 0 Å². The van der Waals surface area contributed by atoms with Gasteiger partial charge in [0.2, 0.25) is 0 Å². The highest BCUT2D eigenvalue weighted by molar-refractivity contribution is 7.98. The van der Waals surface area contributed by atoms with Crippen LogP contribution in [0.25, 0.3) is 0 Å². The van der Waals surface area contributed by atoms with Crippen LogP contribution in [0.15, 0.2) is 0 Å². The lowest BCUT2D eigenvalue weighted by Gasteiger charge is -2.27. The maximum absolute atomic E-state index is 10.1. The number of thioether (sulfide) groups is 1. The van der Waals surface area contributed by atoms with Gasteiger partial charge < -0.3 is 10.0 Å². The number of likely N-dealkylation sites (N-methyl/N-ethyl adjacent to an activating group) is 1. The summed E-state index contributed by atoms with van der Waals surface area (Å²) in [5, 5.41) is 10.1. The van der Waals surface area contributed by atoms with E-state index in [0.29, 0.717) is 6.04 Å². The van der Waals surface area contributed by atoms with Crippen molar-refractivity contribution in [3.05, 3.63) is 0 Å². The second-order valence-electron chi connectivity index (χ2n) is 5.61. The summed E-state index contributed by atoms with van der Waals surface area (Å²) in [5.74, 6) is 2.00. The van der Waals surface area contributed by atoms with E-state index in [4.69, 9.17) is 0 Å². The Bertz CT molecular complexity index is 195. The number of aliphatic hydroxyl groups is 1. The average Bonchev–Trinajstić information content (AvgIpc) is 2.78. The van der Waals surface area contributed by atoms with Crippen LogP contribution in [0, 0.1) is 5.92 Å². The summed E-state index contributed by atoms with van der Waals surface area (Å²) >= 11 is 1.90. The smallest absolute Gasteiger partial charge is 0.0669 e. The molecule has 1 aliphatic rings. The van der Waals surface area contributed by atoms with Crippen molar-refractivity contribution in [3.63, 3.8) is 0 Å². The molecule has 1 rings (SSSR count). The van der Waals surface area contributed by atoms with Crippen molar-refractivity contribution in [2.45, 2.75) is 57.6 Å². The highest BCUT2D eigenvalue weighted by atomic mass is 32.2. The van der Waals surface area contributed by atoms with E-state index in [1.807, 2.05) is 11.8 Å². The second-order valence-corrected chi connectivity index (χ2v) is 6.60. The molecule has 0 aromatic heterocycles. The van der Waals surface area contributed by atoms with Gasteiger partial charge in [0.15, 0.2) is 0 Å². The third kappa shape index (κ3) is 6.12. The van der Waals surface area contributed by atoms with Gasteiger partial charge in [-0.2, -0.15) is 11.8 Å². The van der Waals surface area contributed by atoms with E-state index >= 15 is 0 Å². The predicted molar refractivity (Wildman–Crippen MR) is 77.7 cm³/mol. The van der Waals surface area contributed by atoms with Gasteiger partial charge in [0.1, 0.15) is 0 Å². The van der Waals surface area contributed by atoms with Crippen LogP contribution in [0.5, 0.6) is 0 Å². The Hall–Kier alpha value is 0.270. The minimum atomic E-state index is -0.125. The topological polar surface area (TPSA) is 23.5 Å². The number of rotatable bonds is 8. The van der Waals surface area contributed by atoms with Crippen LogP contribution in [0.3, 0.4) is 0 Å². The quantitative estimate of drug-likeness (QED) is 0.725. The molecule has 1 aliphatic carbocycles. The number of hydrogen-bond donors (Lipinski definition) is 1. The highest BCUT2D eigenvalue weighted by Crippen LogP contribution is 2.28. The lowest BCUT2D eigenvalue weighted by Crippen LogP contribution is -2.36. The molecule has 0 heterocycles. The summed E-state index contributed by atoms with van der Waals surface area (Å²) < 4.78 is 0. The predicted octanol–water partition coefficient (Wildman–Crippen LogP) is 3.00. The highest BCUT2D eigenvalue weighted by Gasteiger charge is 2.20. The SMILES string of the molecule is CSCCC(C)N(C)CC(O)CC1CCCC1. The molecule has 0 spiro atoms. The number of hydrogen-bond acceptors (Lipinski definition) is 3. The van der Waals surface area contributed by atoms with Crippen molar-refractivity contribution in [2.75, 3.05) is 25.6 Å². The maximum Gasteiger partial charge on any atom is 0.0669 e. The van der Waals surface area contributed by atoms with Crippen LogP contribution in [-0.4, -0.2) is 47.8 Å². The molecule has 0 radical (unpaired) electrons. The second kappa shape index (κ2) is 8.39. The summed E-state index contributed by atoms with van der Waals surface area (Å²) in [6.45, 7) is 3.10. The van der Waals surface area contributed by atoms with Crippen molar-refractivity contribution < 1.29 is 5.11 Å². The number of nitrogens with zero attached hydrogens (tertiary/aromatic N) is 1. The Balaban J connectivity index is 2.17. The van der Waals surface area contributed by atoms with Gasteiger partial charge in [0.25, 0.3) is 0 Å². The van der Waals surface area contributed by atoms with Crippen molar-refractivity contribution in [2.24, 2.45) is 5.92 Å². The van der Waals surface area contributed by atoms with Crippen LogP contribution >= 0.6 is 11.8 Å². The van der Waals surface area contributed by atoms with Gasteiger partial charge in [-0.25, -0.2) is 0 Å². The standard InChI is InChI=1S/C14H29NOS/c1-12(8-9-17-3)15(2)11-14(16)10-13-6-4-5-7-13/h12-14,16H,4-11H2,1-3H3. The lowest BCUT2D eigenvalue weighted by atomic mass is 9.99. The maximum atomic E-state index is 10.1. The zero-order chi connectivity index (χ0) is 12.7. The van der Waals surface area contributed by atoms with Crippen LogP contribution in [0.4, 0.5) is 0 Å². The molecule has 3 heteroatoms. The first-order valence-electron chi connectivity index (χ1n) is 7.00. The largest absolute Gasteiger partial charge is 0.392 e. The minimum absolute atomic E-state index is 0.125. The van der Waals surface area contributed by atoms with Crippen LogP contribution in [-0.2, 0) is 0 Å². The van der Waals surface area contributed by atoms with Gasteiger partial charge in [-0.1, -0.05) is 25.7 Å². The molecule has 1 saturated carbocycles. The Labute approximate surface area is 111 Å². The molecule has 0 aromatic carbocycles. The van der Waals surface area contributed by atoms with Crippen LogP contribution in [0.2, 0.25) is 0 Å². The molecule has 0 aromatic rings. The fourth-order valence-corrected chi connectivity index (χ4v) is 3.30. The molecular formula is C14H29NOS. The van der Waals surface area contributed by atoms with Crippen LogP contribution < -0.4 is 0 Å². The Kier molecular flexibility index (Phi) is 7.56. The van der Waals surface area contributed by atoms with Gasteiger partial charge >= 0.3 is 0 Å². The van der Waals surface area contributed by atoms with E-state index in [2.05, 4.69) is 25.1 Å². The molecule has 2 nitrogen and oxygen atoms in total. The zero-order valence-corrected chi connectivity index (χ0v) is 12.5. The molecule has 17 heavy (non-hydrogen) atoms. The van der Waals surface area contributed by atoms with E-state index < -0.39 is 0 Å². The summed E-state index contributed by atoms with van der Waals surface area (Å²) in [5.41, 5.74) is 0. The normalized spacial score (nSPS) is 21.0. The Morgan fingerprint density at radius 3 is 2.59 bits per heavy atom. The molecule has 1 N–H and O–H groups in total. The third-order valence-corrected chi connectivity index (χ3v) is 4.72. The molecule has 2 unspecified atom stereocenters. The first-order chi connectivity index (χ1) is 8.13. The van der Waals surface area contributed by atoms with E-state index in [1.54, 1.807) is 0 Å². The minimum Gasteiger partial charge on any atom is -0.392 e. The monoisotopic (exact) mass is 259 g/mol. The fraction of sp³-hybridized carbons (Fsp3) is 1.00. The molecule has 0 saturated heterocycles. The Morgan fingerprint density at radius 2 is 2.00 bits per heavy atom.